The van der Waals surface area contributed by atoms with Gasteiger partial charge in [-0.3, -0.25) is 14.4 Å². The normalized spacial score (nSPS) is 20.2. The van der Waals surface area contributed by atoms with E-state index in [1.807, 2.05) is 54.6 Å². The van der Waals surface area contributed by atoms with Gasteiger partial charge in [0.25, 0.3) is 0 Å². The zero-order chi connectivity index (χ0) is 23.1. The fourth-order valence-electron chi connectivity index (χ4n) is 4.44. The molecular weight excluding hydrogens is 406 g/mol. The molecule has 0 heterocycles. The SMILES string of the molecule is C[C@H](C[C@@H](Cc1ccc(-c2ccccc2)cc1)NC(=O)C1CCC[C@H](C(=O)O)C1)C(=O)O. The first-order chi connectivity index (χ1) is 15.3. The minimum absolute atomic E-state index is 0.167. The lowest BCUT2D eigenvalue weighted by Crippen LogP contribution is -2.43. The number of nitrogens with one attached hydrogen (secondary N) is 1. The Labute approximate surface area is 188 Å². The van der Waals surface area contributed by atoms with Crippen LogP contribution in [0.4, 0.5) is 0 Å². The maximum atomic E-state index is 12.9. The summed E-state index contributed by atoms with van der Waals surface area (Å²) in [7, 11) is 0. The van der Waals surface area contributed by atoms with Crippen LogP contribution in [0.3, 0.4) is 0 Å². The van der Waals surface area contributed by atoms with Gasteiger partial charge in [0.1, 0.15) is 0 Å². The molecule has 3 rings (SSSR count). The predicted octanol–water partition coefficient (Wildman–Crippen LogP) is 4.38. The molecule has 6 heteroatoms. The highest BCUT2D eigenvalue weighted by Crippen LogP contribution is 2.30. The standard InChI is InChI=1S/C26H31NO5/c1-17(25(29)30)14-23(27-24(28)21-8-5-9-22(16-21)26(31)32)15-18-10-12-20(13-11-18)19-6-3-2-4-7-19/h2-4,6-7,10-13,17,21-23H,5,8-9,14-16H2,1H3,(H,27,28)(H,29,30)(H,31,32)/t17-,21?,22+,23+/m1/s1. The van der Waals surface area contributed by atoms with Crippen molar-refractivity contribution < 1.29 is 24.6 Å². The van der Waals surface area contributed by atoms with Crippen LogP contribution in [0.2, 0.25) is 0 Å². The van der Waals surface area contributed by atoms with E-state index >= 15 is 0 Å². The Bertz CT molecular complexity index is 925. The van der Waals surface area contributed by atoms with Gasteiger partial charge in [-0.05, 0) is 48.8 Å². The number of benzene rings is 2. The molecule has 0 saturated heterocycles. The molecule has 1 saturated carbocycles. The summed E-state index contributed by atoms with van der Waals surface area (Å²) in [4.78, 5) is 35.7. The quantitative estimate of drug-likeness (QED) is 0.540. The molecule has 4 atom stereocenters. The van der Waals surface area contributed by atoms with E-state index in [9.17, 15) is 24.6 Å². The summed E-state index contributed by atoms with van der Waals surface area (Å²) in [6.07, 6.45) is 3.17. The Hall–Kier alpha value is -3.15. The third kappa shape index (κ3) is 6.42. The summed E-state index contributed by atoms with van der Waals surface area (Å²) in [5.41, 5.74) is 3.23. The third-order valence-electron chi connectivity index (χ3n) is 6.34. The average molecular weight is 438 g/mol. The van der Waals surface area contributed by atoms with Crippen molar-refractivity contribution in [1.82, 2.24) is 5.32 Å². The fourth-order valence-corrected chi connectivity index (χ4v) is 4.44. The van der Waals surface area contributed by atoms with Gasteiger partial charge in [-0.1, -0.05) is 67.9 Å². The number of hydrogen-bond donors (Lipinski definition) is 3. The molecule has 0 bridgehead atoms. The lowest BCUT2D eigenvalue weighted by atomic mass is 9.80. The van der Waals surface area contributed by atoms with E-state index < -0.39 is 23.8 Å². The minimum Gasteiger partial charge on any atom is -0.481 e. The van der Waals surface area contributed by atoms with Crippen LogP contribution in [0.1, 0.15) is 44.6 Å². The Kier molecular flexibility index (Phi) is 8.03. The minimum atomic E-state index is -0.896. The van der Waals surface area contributed by atoms with Gasteiger partial charge in [-0.15, -0.1) is 0 Å². The Morgan fingerprint density at radius 3 is 2.19 bits per heavy atom. The number of amides is 1. The van der Waals surface area contributed by atoms with Crippen molar-refractivity contribution in [2.24, 2.45) is 17.8 Å². The van der Waals surface area contributed by atoms with E-state index in [4.69, 9.17) is 0 Å². The second kappa shape index (κ2) is 10.9. The van der Waals surface area contributed by atoms with E-state index in [2.05, 4.69) is 5.32 Å². The molecule has 1 aliphatic rings. The smallest absolute Gasteiger partial charge is 0.306 e. The van der Waals surface area contributed by atoms with E-state index in [-0.39, 0.29) is 17.9 Å². The molecule has 3 N–H and O–H groups in total. The van der Waals surface area contributed by atoms with Crippen LogP contribution in [0.5, 0.6) is 0 Å². The molecule has 1 fully saturated rings. The second-order valence-electron chi connectivity index (χ2n) is 8.85. The maximum absolute atomic E-state index is 12.9. The number of rotatable bonds is 9. The second-order valence-corrected chi connectivity index (χ2v) is 8.85. The molecule has 6 nitrogen and oxygen atoms in total. The Morgan fingerprint density at radius 2 is 1.56 bits per heavy atom. The first kappa shape index (κ1) is 23.5. The third-order valence-corrected chi connectivity index (χ3v) is 6.34. The summed E-state index contributed by atoms with van der Waals surface area (Å²) < 4.78 is 0. The predicted molar refractivity (Wildman–Crippen MR) is 122 cm³/mol. The van der Waals surface area contributed by atoms with Crippen molar-refractivity contribution in [1.29, 1.82) is 0 Å². The zero-order valence-electron chi connectivity index (χ0n) is 18.4. The lowest BCUT2D eigenvalue weighted by molar-refractivity contribution is -0.145. The molecule has 0 aliphatic heterocycles. The van der Waals surface area contributed by atoms with Crippen molar-refractivity contribution in [2.75, 3.05) is 0 Å². The summed E-state index contributed by atoms with van der Waals surface area (Å²) in [6, 6.07) is 17.8. The van der Waals surface area contributed by atoms with Crippen molar-refractivity contribution in [3.63, 3.8) is 0 Å². The van der Waals surface area contributed by atoms with E-state index in [1.54, 1.807) is 6.92 Å². The number of carbonyl (C=O) groups excluding carboxylic acids is 1. The molecule has 1 unspecified atom stereocenters. The van der Waals surface area contributed by atoms with Gasteiger partial charge in [-0.25, -0.2) is 0 Å². The highest BCUT2D eigenvalue weighted by atomic mass is 16.4. The highest BCUT2D eigenvalue weighted by molar-refractivity contribution is 5.80. The Morgan fingerprint density at radius 1 is 0.938 bits per heavy atom. The number of carbonyl (C=O) groups is 3. The van der Waals surface area contributed by atoms with Crippen LogP contribution in [0.25, 0.3) is 11.1 Å². The molecular formula is C26H31NO5. The lowest BCUT2D eigenvalue weighted by Gasteiger charge is -2.28. The molecule has 32 heavy (non-hydrogen) atoms. The number of carboxylic acid groups (broad SMARTS) is 2. The van der Waals surface area contributed by atoms with Crippen molar-refractivity contribution in [3.8, 4) is 11.1 Å². The topological polar surface area (TPSA) is 104 Å². The average Bonchev–Trinajstić information content (AvgIpc) is 2.80. The number of aliphatic carboxylic acids is 2. The van der Waals surface area contributed by atoms with Crippen molar-refractivity contribution in [2.45, 2.75) is 51.5 Å². The van der Waals surface area contributed by atoms with Crippen LogP contribution >= 0.6 is 0 Å². The molecule has 170 valence electrons. The first-order valence-corrected chi connectivity index (χ1v) is 11.2. The van der Waals surface area contributed by atoms with Gasteiger partial charge in [0.15, 0.2) is 0 Å². The maximum Gasteiger partial charge on any atom is 0.306 e. The van der Waals surface area contributed by atoms with Crippen LogP contribution in [-0.4, -0.2) is 34.1 Å². The number of carboxylic acids is 2. The van der Waals surface area contributed by atoms with Gasteiger partial charge in [-0.2, -0.15) is 0 Å². The summed E-state index contributed by atoms with van der Waals surface area (Å²) >= 11 is 0. The molecule has 1 amide bonds. The fraction of sp³-hybridized carbons (Fsp3) is 0.423. The van der Waals surface area contributed by atoms with Crippen LogP contribution < -0.4 is 5.32 Å². The molecule has 2 aromatic rings. The van der Waals surface area contributed by atoms with E-state index in [1.165, 1.54) is 0 Å². The van der Waals surface area contributed by atoms with Gasteiger partial charge >= 0.3 is 11.9 Å². The van der Waals surface area contributed by atoms with Crippen LogP contribution in [0.15, 0.2) is 54.6 Å². The molecule has 0 spiro atoms. The molecule has 2 aromatic carbocycles. The Balaban J connectivity index is 1.69. The molecule has 1 aliphatic carbocycles. The molecule has 0 radical (unpaired) electrons. The van der Waals surface area contributed by atoms with Gasteiger partial charge in [0.05, 0.1) is 11.8 Å². The highest BCUT2D eigenvalue weighted by Gasteiger charge is 2.32. The summed E-state index contributed by atoms with van der Waals surface area (Å²) in [5.74, 6) is -3.33. The van der Waals surface area contributed by atoms with Crippen LogP contribution in [0, 0.1) is 17.8 Å². The van der Waals surface area contributed by atoms with Crippen molar-refractivity contribution in [3.05, 3.63) is 60.2 Å². The number of hydrogen-bond acceptors (Lipinski definition) is 3. The monoisotopic (exact) mass is 437 g/mol. The first-order valence-electron chi connectivity index (χ1n) is 11.2. The van der Waals surface area contributed by atoms with Crippen LogP contribution in [-0.2, 0) is 20.8 Å². The van der Waals surface area contributed by atoms with Gasteiger partial charge in [0, 0.05) is 12.0 Å². The van der Waals surface area contributed by atoms with E-state index in [0.29, 0.717) is 38.5 Å². The molecule has 0 aromatic heterocycles. The van der Waals surface area contributed by atoms with Gasteiger partial charge in [0.2, 0.25) is 5.91 Å². The van der Waals surface area contributed by atoms with Gasteiger partial charge < -0.3 is 15.5 Å². The largest absolute Gasteiger partial charge is 0.481 e. The van der Waals surface area contributed by atoms with E-state index in [0.717, 1.165) is 16.7 Å². The summed E-state index contributed by atoms with van der Waals surface area (Å²) in [5, 5.41) is 21.7. The summed E-state index contributed by atoms with van der Waals surface area (Å²) in [6.45, 7) is 1.64. The van der Waals surface area contributed by atoms with Crippen molar-refractivity contribution >= 4 is 17.8 Å². The zero-order valence-corrected chi connectivity index (χ0v) is 18.4.